The largest absolute Gasteiger partial charge is 0.456 e. The molecular formula is C129H91N5O3. The summed E-state index contributed by atoms with van der Waals surface area (Å²) in [4.78, 5) is 9.45. The molecule has 2 unspecified atom stereocenters. The first kappa shape index (κ1) is 81.3. The van der Waals surface area contributed by atoms with E-state index in [-0.39, 0.29) is 11.5 Å². The maximum Gasteiger partial charge on any atom is 0.143 e. The summed E-state index contributed by atoms with van der Waals surface area (Å²) in [6.45, 7) is 4.68. The summed E-state index contributed by atoms with van der Waals surface area (Å²) in [5, 5.41) is 9.35. The molecule has 0 bridgehead atoms. The third-order valence-electron chi connectivity index (χ3n) is 27.9. The van der Waals surface area contributed by atoms with Crippen LogP contribution in [-0.2, 0) is 5.41 Å². The zero-order valence-electron chi connectivity index (χ0n) is 75.5. The number of benzene rings is 20. The zero-order chi connectivity index (χ0) is 91.0. The van der Waals surface area contributed by atoms with Crippen LogP contribution in [0.4, 0.5) is 62.6 Å². The number of nitrogens with zero attached hydrogens (tertiary/aromatic N) is 5. The maximum atomic E-state index is 6.38. The highest BCUT2D eigenvalue weighted by atomic mass is 16.3. The van der Waals surface area contributed by atoms with Gasteiger partial charge in [0, 0.05) is 140 Å². The Hall–Kier alpha value is -17.7. The second-order valence-electron chi connectivity index (χ2n) is 36.2. The van der Waals surface area contributed by atoms with Gasteiger partial charge >= 0.3 is 0 Å². The number of anilines is 11. The number of allylic oxidation sites excluding steroid dienone is 2. The molecule has 0 fully saturated rings. The highest BCUT2D eigenvalue weighted by Crippen LogP contribution is 2.54. The molecule has 137 heavy (non-hydrogen) atoms. The van der Waals surface area contributed by atoms with Crippen LogP contribution in [0.1, 0.15) is 36.5 Å². The van der Waals surface area contributed by atoms with E-state index in [1.54, 1.807) is 0 Å². The van der Waals surface area contributed by atoms with Gasteiger partial charge in [-0.05, 0) is 237 Å². The summed E-state index contributed by atoms with van der Waals surface area (Å²) in [7, 11) is 0. The van der Waals surface area contributed by atoms with Crippen LogP contribution in [0.2, 0.25) is 0 Å². The number of para-hydroxylation sites is 8. The first-order valence-electron chi connectivity index (χ1n) is 47.1. The highest BCUT2D eigenvalue weighted by molar-refractivity contribution is 6.12. The molecule has 650 valence electrons. The standard InChI is InChI=1S/C45H33NO.C42H28N2O.C42H30N2O/c1-45(2)41-17-8-6-13-37(41)38-28-27-35(29-42(38)45)46(33-23-19-31(20-24-33)30-11-4-3-5-12-30)34-25-21-32(22-26-34)36-15-10-16-40-39-14-7-9-18-43(39)47-44(36)40;1-2-12-31(13-3-1)43(34-25-26-38-37-17-6-9-20-41(37)45-42(38)28-34)32-23-21-29(22-24-32)30-11-10-14-33(27-30)44-39-18-7-4-15-35(39)36-16-5-8-19-40(36)44;1-2-10-29(11-3-1)30-18-20-31(21-19-30)43(34-26-27-38-37-14-6-9-17-41(37)45-42(38)28-34)32-22-24-33(25-23-32)44-39-15-7-4-12-35(39)36-13-5-8-16-40(36)44/h3-29H,1-2H3;1-28H;1-28,35,39H. The van der Waals surface area contributed by atoms with Crippen molar-refractivity contribution in [3.8, 4) is 61.3 Å². The Balaban J connectivity index is 0.000000109. The molecule has 3 aliphatic rings. The van der Waals surface area contributed by atoms with Crippen molar-refractivity contribution in [3.05, 3.63) is 520 Å². The van der Waals surface area contributed by atoms with E-state index >= 15 is 0 Å². The minimum atomic E-state index is -0.0834. The first-order valence-corrected chi connectivity index (χ1v) is 47.1. The van der Waals surface area contributed by atoms with Gasteiger partial charge in [-0.15, -0.1) is 0 Å². The Morgan fingerprint density at radius 3 is 1.18 bits per heavy atom. The van der Waals surface area contributed by atoms with Crippen molar-refractivity contribution in [2.45, 2.75) is 31.2 Å². The summed E-state index contributed by atoms with van der Waals surface area (Å²) in [6.07, 6.45) is 8.99. The topological polar surface area (TPSA) is 57.3 Å². The minimum absolute atomic E-state index is 0.0834. The van der Waals surface area contributed by atoms with Crippen LogP contribution in [0.3, 0.4) is 0 Å². The van der Waals surface area contributed by atoms with Crippen molar-refractivity contribution in [1.29, 1.82) is 0 Å². The number of hydrogen-bond acceptors (Lipinski definition) is 7. The van der Waals surface area contributed by atoms with E-state index in [4.69, 9.17) is 13.3 Å². The fraction of sp³-hybridized carbons (Fsp3) is 0.0388. The number of aromatic nitrogens is 1. The van der Waals surface area contributed by atoms with Crippen LogP contribution in [-0.4, -0.2) is 10.6 Å². The SMILES string of the molecule is C1=CC2c3ccccc3N(c3ccc(N(c4ccc(-c5ccccc5)cc4)c4ccc5c(c4)oc4ccccc45)cc3)C2C=C1.CC1(C)c2ccccc2-c2ccc(N(c3ccc(-c4ccccc4)cc3)c3ccc(-c4cccc5c4oc4ccccc45)cc3)cc21.c1ccc(N(c2ccc(-c3cccc(-n4c5ccccc5c5ccccc54)c3)cc2)c2ccc3c(c2)oc2ccccc23)cc1. The summed E-state index contributed by atoms with van der Waals surface area (Å²) >= 11 is 0. The van der Waals surface area contributed by atoms with E-state index in [2.05, 4.69) is 505 Å². The first-order chi connectivity index (χ1) is 67.7. The van der Waals surface area contributed by atoms with Crippen molar-refractivity contribution in [2.75, 3.05) is 19.6 Å². The summed E-state index contributed by atoms with van der Waals surface area (Å²) in [6, 6.07) is 171. The van der Waals surface area contributed by atoms with Gasteiger partial charge < -0.3 is 37.4 Å². The van der Waals surface area contributed by atoms with Crippen molar-refractivity contribution in [3.63, 3.8) is 0 Å². The molecule has 2 aliphatic carbocycles. The predicted octanol–water partition coefficient (Wildman–Crippen LogP) is 36.0. The van der Waals surface area contributed by atoms with E-state index < -0.39 is 0 Å². The lowest BCUT2D eigenvalue weighted by molar-refractivity contribution is 0.660. The van der Waals surface area contributed by atoms with Gasteiger partial charge in [-0.1, -0.05) is 335 Å². The minimum Gasteiger partial charge on any atom is -0.456 e. The zero-order valence-corrected chi connectivity index (χ0v) is 75.5. The molecule has 5 heterocycles. The van der Waals surface area contributed by atoms with Crippen molar-refractivity contribution in [1.82, 2.24) is 4.57 Å². The molecule has 0 spiro atoms. The molecule has 0 saturated carbocycles. The fourth-order valence-electron chi connectivity index (χ4n) is 21.3. The van der Waals surface area contributed by atoms with Gasteiger partial charge in [0.1, 0.15) is 33.5 Å². The second-order valence-corrected chi connectivity index (χ2v) is 36.2. The second kappa shape index (κ2) is 34.1. The normalized spacial score (nSPS) is 13.8. The highest BCUT2D eigenvalue weighted by Gasteiger charge is 2.39. The van der Waals surface area contributed by atoms with E-state index in [9.17, 15) is 0 Å². The molecule has 0 amide bonds. The molecule has 2 atom stereocenters. The smallest absolute Gasteiger partial charge is 0.143 e. The van der Waals surface area contributed by atoms with Gasteiger partial charge in [-0.25, -0.2) is 0 Å². The predicted molar refractivity (Wildman–Crippen MR) is 572 cm³/mol. The van der Waals surface area contributed by atoms with E-state index in [0.29, 0.717) is 5.92 Å². The molecule has 4 aromatic heterocycles. The average molecular weight is 1760 g/mol. The van der Waals surface area contributed by atoms with Crippen LogP contribution in [0.15, 0.2) is 517 Å². The quantitative estimate of drug-likeness (QED) is 0.101. The summed E-state index contributed by atoms with van der Waals surface area (Å²) in [5.41, 5.74) is 37.4. The summed E-state index contributed by atoms with van der Waals surface area (Å²) in [5.74, 6) is 0.362. The Bertz CT molecular complexity index is 8700. The third kappa shape index (κ3) is 14.6. The third-order valence-corrected chi connectivity index (χ3v) is 27.9. The van der Waals surface area contributed by atoms with E-state index in [1.807, 2.05) is 36.4 Å². The van der Waals surface area contributed by atoms with Gasteiger partial charge in [0.15, 0.2) is 0 Å². The number of hydrogen-bond donors (Lipinski definition) is 0. The number of furan rings is 3. The van der Waals surface area contributed by atoms with Crippen LogP contribution in [0.25, 0.3) is 149 Å². The molecule has 27 rings (SSSR count). The molecule has 1 aliphatic heterocycles. The van der Waals surface area contributed by atoms with E-state index in [0.717, 1.165) is 134 Å². The monoisotopic (exact) mass is 1760 g/mol. The summed E-state index contributed by atoms with van der Waals surface area (Å²) < 4.78 is 21.3. The molecule has 8 heteroatoms. The number of rotatable bonds is 15. The lowest BCUT2D eigenvalue weighted by Gasteiger charge is -2.30. The molecule has 0 N–H and O–H groups in total. The van der Waals surface area contributed by atoms with Crippen LogP contribution >= 0.6 is 0 Å². The maximum absolute atomic E-state index is 6.38. The molecular weight excluding hydrogens is 1670 g/mol. The Morgan fingerprint density at radius 1 is 0.234 bits per heavy atom. The lowest BCUT2D eigenvalue weighted by atomic mass is 9.82. The molecule has 24 aromatic rings. The Kier molecular flexibility index (Phi) is 20.3. The molecule has 8 nitrogen and oxygen atoms in total. The molecule has 0 saturated heterocycles. The average Bonchev–Trinajstić information content (AvgIpc) is 1.56. The Morgan fingerprint density at radius 2 is 0.613 bits per heavy atom. The van der Waals surface area contributed by atoms with Gasteiger partial charge in [-0.2, -0.15) is 0 Å². The number of fused-ring (bicyclic) bond motifs is 18. The van der Waals surface area contributed by atoms with Gasteiger partial charge in [0.05, 0.1) is 17.1 Å². The van der Waals surface area contributed by atoms with Gasteiger partial charge in [0.25, 0.3) is 0 Å². The van der Waals surface area contributed by atoms with Crippen molar-refractivity contribution < 1.29 is 13.3 Å². The van der Waals surface area contributed by atoms with Crippen LogP contribution in [0, 0.1) is 0 Å². The van der Waals surface area contributed by atoms with Crippen molar-refractivity contribution in [2.24, 2.45) is 0 Å². The Labute approximate surface area is 794 Å². The van der Waals surface area contributed by atoms with Gasteiger partial charge in [-0.3, -0.25) is 0 Å². The van der Waals surface area contributed by atoms with Crippen molar-refractivity contribution >= 4 is 150 Å². The van der Waals surface area contributed by atoms with E-state index in [1.165, 1.54) is 94.4 Å². The molecule has 20 aromatic carbocycles. The fourth-order valence-corrected chi connectivity index (χ4v) is 21.3. The van der Waals surface area contributed by atoms with Gasteiger partial charge in [0.2, 0.25) is 0 Å². The van der Waals surface area contributed by atoms with Crippen LogP contribution in [0.5, 0.6) is 0 Å². The lowest BCUT2D eigenvalue weighted by Crippen LogP contribution is -2.28. The molecule has 0 radical (unpaired) electrons. The van der Waals surface area contributed by atoms with Crippen LogP contribution < -0.4 is 19.6 Å².